The van der Waals surface area contributed by atoms with E-state index in [9.17, 15) is 24.3 Å². The zero-order chi connectivity index (χ0) is 22.0. The normalized spacial score (nSPS) is 15.2. The lowest BCUT2D eigenvalue weighted by Gasteiger charge is -2.12. The lowest BCUT2D eigenvalue weighted by Crippen LogP contribution is -2.34. The molecule has 1 aromatic heterocycles. The van der Waals surface area contributed by atoms with Crippen LogP contribution < -0.4 is 0 Å². The molecule has 9 heteroatoms. The molecule has 8 nitrogen and oxygen atoms in total. The van der Waals surface area contributed by atoms with Crippen molar-refractivity contribution in [2.24, 2.45) is 0 Å². The second kappa shape index (κ2) is 8.58. The summed E-state index contributed by atoms with van der Waals surface area (Å²) in [6, 6.07) is 8.45. The molecule has 1 fully saturated rings. The fourth-order valence-corrected chi connectivity index (χ4v) is 4.10. The number of carbonyl (C=O) groups excluding carboxylic acids is 3. The minimum atomic E-state index is -1.04. The van der Waals surface area contributed by atoms with Crippen molar-refractivity contribution >= 4 is 40.9 Å². The molecular formula is C21H20N2O6S. The van der Waals surface area contributed by atoms with Gasteiger partial charge in [0.1, 0.15) is 6.54 Å². The van der Waals surface area contributed by atoms with Gasteiger partial charge in [-0.1, -0.05) is 12.1 Å². The molecule has 1 aliphatic rings. The van der Waals surface area contributed by atoms with E-state index in [4.69, 9.17) is 4.74 Å². The molecule has 2 amide bonds. The maximum atomic E-state index is 12.6. The van der Waals surface area contributed by atoms with Gasteiger partial charge in [0, 0.05) is 11.4 Å². The average molecular weight is 428 g/mol. The van der Waals surface area contributed by atoms with Crippen LogP contribution in [-0.4, -0.2) is 50.8 Å². The van der Waals surface area contributed by atoms with Crippen molar-refractivity contribution in [3.8, 4) is 5.69 Å². The summed E-state index contributed by atoms with van der Waals surface area (Å²) in [4.78, 5) is 49.1. The van der Waals surface area contributed by atoms with E-state index < -0.39 is 29.6 Å². The number of rotatable bonds is 6. The number of ether oxygens (including phenoxy) is 1. The van der Waals surface area contributed by atoms with E-state index in [0.717, 1.165) is 28.0 Å². The van der Waals surface area contributed by atoms with Gasteiger partial charge in [-0.05, 0) is 62.4 Å². The van der Waals surface area contributed by atoms with Gasteiger partial charge < -0.3 is 14.4 Å². The van der Waals surface area contributed by atoms with Gasteiger partial charge in [0.05, 0.1) is 22.8 Å². The standard InChI is InChI=1S/C21H20N2O6S/c1-4-29-18(24)11-22-19(25)17(30-21(22)28)10-14-9-12(2)23(13(14)3)16-8-6-5-7-15(16)20(26)27/h5-10H,4,11H2,1-3H3,(H,26,27)/b17-10+. The highest BCUT2D eigenvalue weighted by atomic mass is 32.2. The minimum absolute atomic E-state index is 0.153. The van der Waals surface area contributed by atoms with E-state index in [0.29, 0.717) is 11.3 Å². The number of nitrogens with zero attached hydrogens (tertiary/aromatic N) is 2. The molecule has 0 spiro atoms. The summed E-state index contributed by atoms with van der Waals surface area (Å²) in [6.45, 7) is 5.01. The number of hydrogen-bond donors (Lipinski definition) is 1. The molecule has 1 saturated heterocycles. The zero-order valence-corrected chi connectivity index (χ0v) is 17.5. The van der Waals surface area contributed by atoms with Crippen molar-refractivity contribution in [1.29, 1.82) is 0 Å². The second-order valence-corrected chi connectivity index (χ2v) is 7.55. The first kappa shape index (κ1) is 21.4. The maximum absolute atomic E-state index is 12.6. The first-order valence-electron chi connectivity index (χ1n) is 9.17. The number of hydrogen-bond acceptors (Lipinski definition) is 6. The molecule has 0 atom stereocenters. The Labute approximate surface area is 177 Å². The van der Waals surface area contributed by atoms with E-state index in [1.165, 1.54) is 6.07 Å². The number of amides is 2. The number of imide groups is 1. The number of carbonyl (C=O) groups is 4. The third kappa shape index (κ3) is 4.02. The Bertz CT molecular complexity index is 1090. The lowest BCUT2D eigenvalue weighted by atomic mass is 10.1. The van der Waals surface area contributed by atoms with Gasteiger partial charge in [-0.25, -0.2) is 4.79 Å². The lowest BCUT2D eigenvalue weighted by molar-refractivity contribution is -0.145. The summed E-state index contributed by atoms with van der Waals surface area (Å²) in [6.07, 6.45) is 1.58. The molecule has 0 aliphatic carbocycles. The largest absolute Gasteiger partial charge is 0.478 e. The van der Waals surface area contributed by atoms with Crippen LogP contribution in [0.15, 0.2) is 35.2 Å². The Morgan fingerprint density at radius 1 is 1.20 bits per heavy atom. The van der Waals surface area contributed by atoms with Crippen molar-refractivity contribution in [3.05, 3.63) is 57.8 Å². The van der Waals surface area contributed by atoms with Crippen molar-refractivity contribution in [1.82, 2.24) is 9.47 Å². The van der Waals surface area contributed by atoms with Crippen LogP contribution in [0.4, 0.5) is 4.79 Å². The van der Waals surface area contributed by atoms with Crippen LogP contribution in [0, 0.1) is 13.8 Å². The highest BCUT2D eigenvalue weighted by Crippen LogP contribution is 2.34. The highest BCUT2D eigenvalue weighted by molar-refractivity contribution is 8.18. The third-order valence-corrected chi connectivity index (χ3v) is 5.51. The van der Waals surface area contributed by atoms with Crippen molar-refractivity contribution in [2.75, 3.05) is 13.2 Å². The summed E-state index contributed by atoms with van der Waals surface area (Å²) in [5.41, 5.74) is 2.83. The Morgan fingerprint density at radius 2 is 1.90 bits per heavy atom. The summed E-state index contributed by atoms with van der Waals surface area (Å²) in [5, 5.41) is 8.96. The van der Waals surface area contributed by atoms with Crippen LogP contribution in [0.1, 0.15) is 34.2 Å². The third-order valence-electron chi connectivity index (χ3n) is 4.60. The monoisotopic (exact) mass is 428 g/mol. The number of carboxylic acids is 1. The Kier molecular flexibility index (Phi) is 6.12. The van der Waals surface area contributed by atoms with Gasteiger partial charge >= 0.3 is 11.9 Å². The molecule has 2 heterocycles. The Balaban J connectivity index is 1.96. The average Bonchev–Trinajstić information content (AvgIpc) is 3.11. The van der Waals surface area contributed by atoms with Gasteiger partial charge in [-0.15, -0.1) is 0 Å². The smallest absolute Gasteiger partial charge is 0.337 e. The molecule has 30 heavy (non-hydrogen) atoms. The molecule has 0 bridgehead atoms. The van der Waals surface area contributed by atoms with Gasteiger partial charge in [0.25, 0.3) is 11.1 Å². The topological polar surface area (TPSA) is 106 Å². The second-order valence-electron chi connectivity index (χ2n) is 6.56. The van der Waals surface area contributed by atoms with Crippen LogP contribution in [0.2, 0.25) is 0 Å². The number of aromatic nitrogens is 1. The highest BCUT2D eigenvalue weighted by Gasteiger charge is 2.36. The zero-order valence-electron chi connectivity index (χ0n) is 16.7. The molecule has 156 valence electrons. The molecule has 0 unspecified atom stereocenters. The molecule has 0 saturated carbocycles. The fourth-order valence-electron chi connectivity index (χ4n) is 3.27. The summed E-state index contributed by atoms with van der Waals surface area (Å²) < 4.78 is 6.60. The number of thioether (sulfide) groups is 1. The first-order chi connectivity index (χ1) is 14.2. The van der Waals surface area contributed by atoms with E-state index in [1.54, 1.807) is 42.7 Å². The number of para-hydroxylation sites is 1. The SMILES string of the molecule is CCOC(=O)CN1C(=O)S/C(=C/c2cc(C)n(-c3ccccc3C(=O)O)c2C)C1=O. The van der Waals surface area contributed by atoms with Gasteiger partial charge in [0.15, 0.2) is 0 Å². The van der Waals surface area contributed by atoms with E-state index in [-0.39, 0.29) is 17.1 Å². The van der Waals surface area contributed by atoms with Gasteiger partial charge in [-0.3, -0.25) is 19.3 Å². The van der Waals surface area contributed by atoms with Crippen molar-refractivity contribution in [2.45, 2.75) is 20.8 Å². The van der Waals surface area contributed by atoms with Crippen molar-refractivity contribution < 1.29 is 29.0 Å². The van der Waals surface area contributed by atoms with Crippen LogP contribution in [-0.2, 0) is 14.3 Å². The van der Waals surface area contributed by atoms with E-state index in [2.05, 4.69) is 0 Å². The van der Waals surface area contributed by atoms with Crippen LogP contribution >= 0.6 is 11.8 Å². The van der Waals surface area contributed by atoms with Crippen molar-refractivity contribution in [3.63, 3.8) is 0 Å². The van der Waals surface area contributed by atoms with Crippen LogP contribution in [0.3, 0.4) is 0 Å². The molecule has 1 N–H and O–H groups in total. The Hall–Kier alpha value is -3.33. The first-order valence-corrected chi connectivity index (χ1v) is 9.98. The van der Waals surface area contributed by atoms with E-state index >= 15 is 0 Å². The van der Waals surface area contributed by atoms with Gasteiger partial charge in [-0.2, -0.15) is 0 Å². The minimum Gasteiger partial charge on any atom is -0.478 e. The van der Waals surface area contributed by atoms with Crippen LogP contribution in [0.25, 0.3) is 11.8 Å². The predicted octanol–water partition coefficient (Wildman–Crippen LogP) is 3.39. The summed E-state index contributed by atoms with van der Waals surface area (Å²) in [7, 11) is 0. The Morgan fingerprint density at radius 3 is 2.57 bits per heavy atom. The number of carboxylic acid groups (broad SMARTS) is 1. The van der Waals surface area contributed by atoms with E-state index in [1.807, 2.05) is 13.0 Å². The predicted molar refractivity (Wildman–Crippen MR) is 112 cm³/mol. The molecule has 1 aliphatic heterocycles. The molecule has 0 radical (unpaired) electrons. The van der Waals surface area contributed by atoms with Gasteiger partial charge in [0.2, 0.25) is 0 Å². The quantitative estimate of drug-likeness (QED) is 0.555. The summed E-state index contributed by atoms with van der Waals surface area (Å²) >= 11 is 0.752. The molecule has 3 rings (SSSR count). The fraction of sp³-hybridized carbons (Fsp3) is 0.238. The van der Waals surface area contributed by atoms with Crippen LogP contribution in [0.5, 0.6) is 0 Å². The molecular weight excluding hydrogens is 408 g/mol. The number of esters is 1. The number of aromatic carboxylic acids is 1. The number of benzene rings is 1. The molecule has 2 aromatic rings. The molecule has 1 aromatic carbocycles. The number of aryl methyl sites for hydroxylation is 1. The summed E-state index contributed by atoms with van der Waals surface area (Å²) in [5.74, 6) is -2.25. The maximum Gasteiger partial charge on any atom is 0.337 e.